The van der Waals surface area contributed by atoms with Crippen LogP contribution < -0.4 is 9.47 Å². The Labute approximate surface area is 180 Å². The number of hydrogen-bond donors (Lipinski definition) is 2. The number of rotatable bonds is 8. The van der Waals surface area contributed by atoms with Gasteiger partial charge in [-0.05, 0) is 59.7 Å². The minimum Gasteiger partial charge on any atom is -0.507 e. The van der Waals surface area contributed by atoms with Gasteiger partial charge in [0.05, 0.1) is 0 Å². The molecule has 0 aliphatic carbocycles. The van der Waals surface area contributed by atoms with Gasteiger partial charge in [-0.2, -0.15) is 0 Å². The second-order valence-corrected chi connectivity index (χ2v) is 7.77. The predicted molar refractivity (Wildman–Crippen MR) is 116 cm³/mol. The van der Waals surface area contributed by atoms with E-state index in [4.69, 9.17) is 26.2 Å². The molecule has 0 bridgehead atoms. The van der Waals surface area contributed by atoms with Gasteiger partial charge >= 0.3 is 5.97 Å². The summed E-state index contributed by atoms with van der Waals surface area (Å²) in [5, 5.41) is 19.8. The van der Waals surface area contributed by atoms with Crippen molar-refractivity contribution in [2.45, 2.75) is 19.3 Å². The van der Waals surface area contributed by atoms with Gasteiger partial charge in [0, 0.05) is 10.4 Å². The van der Waals surface area contributed by atoms with E-state index in [9.17, 15) is 9.90 Å². The molecule has 6 heteroatoms. The third kappa shape index (κ3) is 5.05. The predicted octanol–water partition coefficient (Wildman–Crippen LogP) is 5.53. The first kappa shape index (κ1) is 21.5. The molecule has 0 radical (unpaired) electrons. The summed E-state index contributed by atoms with van der Waals surface area (Å²) in [5.41, 5.74) is 1.29. The number of benzene rings is 3. The minimum absolute atomic E-state index is 0.112. The fraction of sp³-hybridized carbons (Fsp3) is 0.208. The van der Waals surface area contributed by atoms with Gasteiger partial charge in [-0.1, -0.05) is 43.6 Å². The van der Waals surface area contributed by atoms with Crippen molar-refractivity contribution in [3.8, 4) is 17.2 Å². The Morgan fingerprint density at radius 1 is 0.867 bits per heavy atom. The maximum Gasteiger partial charge on any atom is 0.339 e. The summed E-state index contributed by atoms with van der Waals surface area (Å²) < 4.78 is 11.3. The number of aromatic carboxylic acids is 1. The zero-order chi connectivity index (χ0) is 21.7. The average Bonchev–Trinajstić information content (AvgIpc) is 2.72. The van der Waals surface area contributed by atoms with Gasteiger partial charge in [0.1, 0.15) is 36.0 Å². The molecule has 0 saturated heterocycles. The number of phenols is 1. The molecule has 3 rings (SSSR count). The summed E-state index contributed by atoms with van der Waals surface area (Å²) in [6, 6.07) is 19.5. The lowest BCUT2D eigenvalue weighted by Gasteiger charge is -2.26. The molecule has 5 nitrogen and oxygen atoms in total. The molecule has 2 N–H and O–H groups in total. The van der Waals surface area contributed by atoms with Crippen molar-refractivity contribution in [3.63, 3.8) is 0 Å². The van der Waals surface area contributed by atoms with E-state index in [-0.39, 0.29) is 11.3 Å². The van der Waals surface area contributed by atoms with Crippen molar-refractivity contribution in [2.24, 2.45) is 0 Å². The molecule has 0 spiro atoms. The van der Waals surface area contributed by atoms with Gasteiger partial charge in [0.25, 0.3) is 0 Å². The van der Waals surface area contributed by atoms with Gasteiger partial charge in [0.15, 0.2) is 0 Å². The second-order valence-electron chi connectivity index (χ2n) is 7.34. The van der Waals surface area contributed by atoms with Crippen LogP contribution in [-0.2, 0) is 5.41 Å². The molecule has 0 aromatic heterocycles. The highest BCUT2D eigenvalue weighted by molar-refractivity contribution is 6.30. The molecule has 0 unspecified atom stereocenters. The van der Waals surface area contributed by atoms with Gasteiger partial charge < -0.3 is 19.7 Å². The van der Waals surface area contributed by atoms with E-state index in [1.165, 1.54) is 12.1 Å². The van der Waals surface area contributed by atoms with Crippen LogP contribution in [0, 0.1) is 0 Å². The summed E-state index contributed by atoms with van der Waals surface area (Å²) in [6.07, 6.45) is 0. The molecule has 0 fully saturated rings. The van der Waals surface area contributed by atoms with Crippen LogP contribution in [0.1, 0.15) is 35.3 Å². The number of carboxylic acids is 1. The molecule has 0 aliphatic heterocycles. The van der Waals surface area contributed by atoms with Crippen molar-refractivity contribution in [3.05, 3.63) is 88.4 Å². The normalized spacial score (nSPS) is 11.2. The summed E-state index contributed by atoms with van der Waals surface area (Å²) in [6.45, 7) is 4.83. The molecule has 30 heavy (non-hydrogen) atoms. The molecule has 156 valence electrons. The van der Waals surface area contributed by atoms with Gasteiger partial charge in [0.2, 0.25) is 0 Å². The van der Waals surface area contributed by atoms with Crippen LogP contribution in [0.2, 0.25) is 5.02 Å². The van der Waals surface area contributed by atoms with Crippen molar-refractivity contribution in [1.29, 1.82) is 0 Å². The standard InChI is InChI=1S/C24H23ClO5/c1-24(2,17-5-12-21(23(27)28)22(26)15-17)16-3-8-19(9-4-16)29-13-14-30-20-10-6-18(25)7-11-20/h3-12,15,26H,13-14H2,1-2H3,(H,27,28). The minimum atomic E-state index is -1.15. The van der Waals surface area contributed by atoms with Crippen LogP contribution >= 0.6 is 11.6 Å². The molecule has 3 aromatic rings. The third-order valence-electron chi connectivity index (χ3n) is 4.96. The van der Waals surface area contributed by atoms with Crippen molar-refractivity contribution < 1.29 is 24.5 Å². The summed E-state index contributed by atoms with van der Waals surface area (Å²) in [5.74, 6) is 0.0581. The van der Waals surface area contributed by atoms with Crippen LogP contribution in [0.15, 0.2) is 66.7 Å². The Balaban J connectivity index is 1.60. The quantitative estimate of drug-likeness (QED) is 0.463. The number of ether oxygens (including phenoxy) is 2. The highest BCUT2D eigenvalue weighted by Gasteiger charge is 2.25. The lowest BCUT2D eigenvalue weighted by atomic mass is 9.78. The first-order chi connectivity index (χ1) is 14.3. The number of halogens is 1. The Hall–Kier alpha value is -3.18. The Morgan fingerprint density at radius 3 is 1.87 bits per heavy atom. The van der Waals surface area contributed by atoms with Gasteiger partial charge in [-0.25, -0.2) is 4.79 Å². The summed E-state index contributed by atoms with van der Waals surface area (Å²) in [7, 11) is 0. The van der Waals surface area contributed by atoms with Crippen molar-refractivity contribution >= 4 is 17.6 Å². The zero-order valence-electron chi connectivity index (χ0n) is 16.8. The first-order valence-corrected chi connectivity index (χ1v) is 9.83. The number of carbonyl (C=O) groups is 1. The largest absolute Gasteiger partial charge is 0.507 e. The van der Waals surface area contributed by atoms with Crippen LogP contribution in [0.4, 0.5) is 0 Å². The third-order valence-corrected chi connectivity index (χ3v) is 5.21. The highest BCUT2D eigenvalue weighted by atomic mass is 35.5. The van der Waals surface area contributed by atoms with E-state index in [1.54, 1.807) is 30.3 Å². The van der Waals surface area contributed by atoms with E-state index in [1.807, 2.05) is 38.1 Å². The average molecular weight is 427 g/mol. The molecule has 3 aromatic carbocycles. The van der Waals surface area contributed by atoms with Crippen molar-refractivity contribution in [2.75, 3.05) is 13.2 Å². The van der Waals surface area contributed by atoms with E-state index in [0.717, 1.165) is 22.6 Å². The fourth-order valence-electron chi connectivity index (χ4n) is 3.09. The Bertz CT molecular complexity index is 1010. The van der Waals surface area contributed by atoms with E-state index in [0.29, 0.717) is 18.2 Å². The second kappa shape index (κ2) is 9.09. The molecular formula is C24H23ClO5. The zero-order valence-corrected chi connectivity index (χ0v) is 17.5. The smallest absolute Gasteiger partial charge is 0.339 e. The number of hydrogen-bond acceptors (Lipinski definition) is 4. The Morgan fingerprint density at radius 2 is 1.37 bits per heavy atom. The van der Waals surface area contributed by atoms with E-state index >= 15 is 0 Å². The number of carboxylic acid groups (broad SMARTS) is 1. The lowest BCUT2D eigenvalue weighted by molar-refractivity contribution is 0.0693. The molecular weight excluding hydrogens is 404 g/mol. The first-order valence-electron chi connectivity index (χ1n) is 9.46. The molecule has 0 heterocycles. The van der Waals surface area contributed by atoms with Gasteiger partial charge in [-0.15, -0.1) is 0 Å². The maximum atomic E-state index is 11.1. The molecule has 0 atom stereocenters. The monoisotopic (exact) mass is 426 g/mol. The van der Waals surface area contributed by atoms with E-state index < -0.39 is 11.4 Å². The summed E-state index contributed by atoms with van der Waals surface area (Å²) >= 11 is 5.85. The summed E-state index contributed by atoms with van der Waals surface area (Å²) in [4.78, 5) is 11.1. The van der Waals surface area contributed by atoms with Crippen molar-refractivity contribution in [1.82, 2.24) is 0 Å². The Kier molecular flexibility index (Phi) is 6.53. The molecule has 0 amide bonds. The molecule has 0 aliphatic rings. The van der Waals surface area contributed by atoms with Gasteiger partial charge in [-0.3, -0.25) is 0 Å². The van der Waals surface area contributed by atoms with E-state index in [2.05, 4.69) is 0 Å². The SMILES string of the molecule is CC(C)(c1ccc(OCCOc2ccc(Cl)cc2)cc1)c1ccc(C(=O)O)c(O)c1. The van der Waals surface area contributed by atoms with Crippen LogP contribution in [-0.4, -0.2) is 29.4 Å². The molecule has 0 saturated carbocycles. The fourth-order valence-corrected chi connectivity index (χ4v) is 3.21. The maximum absolute atomic E-state index is 11.1. The van der Waals surface area contributed by atoms with Crippen LogP contribution in [0.25, 0.3) is 0 Å². The highest BCUT2D eigenvalue weighted by Crippen LogP contribution is 2.35. The van der Waals surface area contributed by atoms with Crippen LogP contribution in [0.5, 0.6) is 17.2 Å². The lowest BCUT2D eigenvalue weighted by Crippen LogP contribution is -2.19. The van der Waals surface area contributed by atoms with Crippen LogP contribution in [0.3, 0.4) is 0 Å². The topological polar surface area (TPSA) is 76.0 Å². The number of aromatic hydroxyl groups is 1.